The molecule has 0 saturated carbocycles. The third kappa shape index (κ3) is 11.8. The van der Waals surface area contributed by atoms with Crippen molar-refractivity contribution in [3.05, 3.63) is 114 Å². The molecule has 6 amide bonds. The Morgan fingerprint density at radius 2 is 1.00 bits per heavy atom. The second-order valence-electron chi connectivity index (χ2n) is 17.3. The van der Waals surface area contributed by atoms with E-state index in [1.54, 1.807) is 60.7 Å². The fourth-order valence-corrected chi connectivity index (χ4v) is 7.09. The highest BCUT2D eigenvalue weighted by Gasteiger charge is 2.42. The molecule has 330 valence electrons. The van der Waals surface area contributed by atoms with E-state index < -0.39 is 70.8 Å². The van der Waals surface area contributed by atoms with Crippen LogP contribution in [0.15, 0.2) is 97.1 Å². The molecule has 4 atom stereocenters. The van der Waals surface area contributed by atoms with Gasteiger partial charge in [-0.1, -0.05) is 90.1 Å². The van der Waals surface area contributed by atoms with Crippen molar-refractivity contribution in [1.82, 2.24) is 20.4 Å². The lowest BCUT2D eigenvalue weighted by atomic mass is 9.85. The molecule has 0 spiro atoms. The van der Waals surface area contributed by atoms with Gasteiger partial charge in [-0.2, -0.15) is 0 Å². The number of hydrogen-bond donors (Lipinski definition) is 4. The minimum Gasteiger partial charge on any atom is -0.453 e. The van der Waals surface area contributed by atoms with Crippen LogP contribution in [0.25, 0.3) is 0 Å². The largest absolute Gasteiger partial charge is 0.453 e. The van der Waals surface area contributed by atoms with E-state index in [1.807, 2.05) is 65.8 Å². The van der Waals surface area contributed by atoms with E-state index in [0.29, 0.717) is 24.5 Å². The maximum absolute atomic E-state index is 14.0. The Hall–Kier alpha value is -6.71. The summed E-state index contributed by atoms with van der Waals surface area (Å²) in [6, 6.07) is 17.1. The average Bonchev–Trinajstić information content (AvgIpc) is 3.93. The van der Waals surface area contributed by atoms with Crippen molar-refractivity contribution in [2.24, 2.45) is 10.8 Å². The Morgan fingerprint density at radius 1 is 0.629 bits per heavy atom. The summed E-state index contributed by atoms with van der Waals surface area (Å²) in [6.07, 6.45) is 5.29. The minimum absolute atomic E-state index is 0.206. The van der Waals surface area contributed by atoms with Gasteiger partial charge in [0.05, 0.1) is 14.2 Å². The molecule has 0 radical (unpaired) electrons. The number of anilines is 3. The molecule has 0 aliphatic carbocycles. The highest BCUT2D eigenvalue weighted by atomic mass is 19.1. The SMILES string of the molecule is COC(=O)NC(C(=O)N1CC=C[C@H]1C(=O)Nc1ccc(CN(Cc2ccc(NC(=O)[C@@H]3C=CCN3C(=O)[C@@H](NC(=O)OC)C(C)(C)C)cc2)c2ccc(F)cc2)cc1)C(C)(C)C. The van der Waals surface area contributed by atoms with Crippen LogP contribution in [-0.2, 0) is 41.7 Å². The smallest absolute Gasteiger partial charge is 0.407 e. The topological polar surface area (TPSA) is 179 Å². The predicted molar refractivity (Wildman–Crippen MR) is 233 cm³/mol. The van der Waals surface area contributed by atoms with Crippen LogP contribution in [0.3, 0.4) is 0 Å². The van der Waals surface area contributed by atoms with Crippen molar-refractivity contribution >= 4 is 52.9 Å². The number of methoxy groups -OCH3 is 2. The van der Waals surface area contributed by atoms with Crippen molar-refractivity contribution < 1.29 is 42.6 Å². The molecule has 3 aromatic rings. The van der Waals surface area contributed by atoms with E-state index in [2.05, 4.69) is 26.2 Å². The first-order chi connectivity index (χ1) is 29.3. The normalized spacial score (nSPS) is 16.9. The molecule has 15 nitrogen and oxygen atoms in total. The molecule has 5 rings (SSSR count). The van der Waals surface area contributed by atoms with Gasteiger partial charge in [0.15, 0.2) is 0 Å². The van der Waals surface area contributed by atoms with Gasteiger partial charge in [-0.3, -0.25) is 19.2 Å². The van der Waals surface area contributed by atoms with Gasteiger partial charge in [-0.15, -0.1) is 0 Å². The summed E-state index contributed by atoms with van der Waals surface area (Å²) in [5, 5.41) is 11.0. The molecule has 62 heavy (non-hydrogen) atoms. The zero-order chi connectivity index (χ0) is 45.4. The maximum atomic E-state index is 14.0. The first kappa shape index (κ1) is 46.4. The van der Waals surface area contributed by atoms with Gasteiger partial charge in [-0.25, -0.2) is 14.0 Å². The van der Waals surface area contributed by atoms with E-state index >= 15 is 0 Å². The van der Waals surface area contributed by atoms with Crippen molar-refractivity contribution in [2.45, 2.75) is 78.8 Å². The molecular formula is C46H56FN7O8. The van der Waals surface area contributed by atoms with E-state index in [-0.39, 0.29) is 18.9 Å². The lowest BCUT2D eigenvalue weighted by Crippen LogP contribution is -2.57. The second-order valence-corrected chi connectivity index (χ2v) is 17.3. The molecule has 2 heterocycles. The Kier molecular flexibility index (Phi) is 14.8. The highest BCUT2D eigenvalue weighted by Crippen LogP contribution is 2.27. The first-order valence-electron chi connectivity index (χ1n) is 20.2. The van der Waals surface area contributed by atoms with Gasteiger partial charge in [0.2, 0.25) is 11.8 Å². The standard InChI is InChI=1S/C46H56FN7O8/c1-45(2,3)37(50-43(59)61-7)41(57)53-25-9-11-35(53)39(55)48-32-19-13-29(14-20-32)27-52(34-23-17-31(47)18-24-34)28-30-15-21-33(22-16-30)49-40(56)36-12-10-26-54(36)42(58)38(46(4,5)6)51-44(60)62-8/h9-24,35-38H,25-28H2,1-8H3,(H,48,55)(H,49,56)(H,50,59)(H,51,60)/t35-,36-,37+,38?/m0/s1. The number of amides is 6. The number of alkyl carbamates (subject to hydrolysis) is 2. The Balaban J connectivity index is 1.23. The van der Waals surface area contributed by atoms with Crippen LogP contribution in [0, 0.1) is 16.6 Å². The lowest BCUT2D eigenvalue weighted by Gasteiger charge is -2.35. The molecule has 0 aromatic heterocycles. The number of nitrogens with zero attached hydrogens (tertiary/aromatic N) is 3. The summed E-state index contributed by atoms with van der Waals surface area (Å²) in [4.78, 5) is 83.1. The fraction of sp³-hybridized carbons (Fsp3) is 0.391. The molecule has 4 N–H and O–H groups in total. The van der Waals surface area contributed by atoms with Gasteiger partial charge in [0, 0.05) is 43.2 Å². The summed E-state index contributed by atoms with van der Waals surface area (Å²) in [5.41, 5.74) is 2.29. The van der Waals surface area contributed by atoms with E-state index in [0.717, 1.165) is 16.8 Å². The number of rotatable bonds is 13. The Labute approximate surface area is 361 Å². The summed E-state index contributed by atoms with van der Waals surface area (Å²) < 4.78 is 23.4. The van der Waals surface area contributed by atoms with Gasteiger partial charge in [-0.05, 0) is 70.5 Å². The van der Waals surface area contributed by atoms with Crippen molar-refractivity contribution in [3.63, 3.8) is 0 Å². The number of ether oxygens (including phenoxy) is 2. The molecule has 1 unspecified atom stereocenters. The van der Waals surface area contributed by atoms with Crippen LogP contribution in [0.4, 0.5) is 31.0 Å². The lowest BCUT2D eigenvalue weighted by molar-refractivity contribution is -0.140. The van der Waals surface area contributed by atoms with Gasteiger partial charge >= 0.3 is 12.2 Å². The van der Waals surface area contributed by atoms with Crippen LogP contribution < -0.4 is 26.2 Å². The van der Waals surface area contributed by atoms with Crippen LogP contribution in [0.2, 0.25) is 0 Å². The van der Waals surface area contributed by atoms with Crippen LogP contribution in [0.1, 0.15) is 52.7 Å². The summed E-state index contributed by atoms with van der Waals surface area (Å²) >= 11 is 0. The summed E-state index contributed by atoms with van der Waals surface area (Å²) in [6.45, 7) is 12.1. The molecule has 0 saturated heterocycles. The minimum atomic E-state index is -0.927. The van der Waals surface area contributed by atoms with Crippen LogP contribution >= 0.6 is 0 Å². The molecule has 0 fully saturated rings. The number of hydrogen-bond acceptors (Lipinski definition) is 9. The number of carbonyl (C=O) groups is 6. The molecule has 2 aliphatic rings. The third-order valence-corrected chi connectivity index (χ3v) is 10.5. The van der Waals surface area contributed by atoms with Gasteiger partial charge in [0.1, 0.15) is 30.0 Å². The van der Waals surface area contributed by atoms with Crippen LogP contribution in [-0.4, -0.2) is 97.1 Å². The number of benzene rings is 3. The first-order valence-corrected chi connectivity index (χ1v) is 20.2. The molecular weight excluding hydrogens is 798 g/mol. The van der Waals surface area contributed by atoms with E-state index in [9.17, 15) is 33.2 Å². The maximum Gasteiger partial charge on any atom is 0.407 e. The molecule has 2 aliphatic heterocycles. The predicted octanol–water partition coefficient (Wildman–Crippen LogP) is 5.98. The van der Waals surface area contributed by atoms with E-state index in [1.165, 1.54) is 36.2 Å². The number of carbonyl (C=O) groups excluding carboxylic acids is 6. The summed E-state index contributed by atoms with van der Waals surface area (Å²) in [7, 11) is 2.44. The molecule has 16 heteroatoms. The number of nitrogens with one attached hydrogen (secondary N) is 4. The zero-order valence-corrected chi connectivity index (χ0v) is 36.4. The quantitative estimate of drug-likeness (QED) is 0.151. The second kappa shape index (κ2) is 19.8. The Morgan fingerprint density at radius 3 is 1.34 bits per heavy atom. The molecule has 0 bridgehead atoms. The average molecular weight is 854 g/mol. The molecule has 3 aromatic carbocycles. The zero-order valence-electron chi connectivity index (χ0n) is 36.4. The van der Waals surface area contributed by atoms with Crippen molar-refractivity contribution in [2.75, 3.05) is 42.8 Å². The van der Waals surface area contributed by atoms with Gasteiger partial charge in [0.25, 0.3) is 11.8 Å². The van der Waals surface area contributed by atoms with E-state index in [4.69, 9.17) is 9.47 Å². The fourth-order valence-electron chi connectivity index (χ4n) is 7.09. The van der Waals surface area contributed by atoms with Crippen molar-refractivity contribution in [1.29, 1.82) is 0 Å². The third-order valence-electron chi connectivity index (χ3n) is 10.5. The highest BCUT2D eigenvalue weighted by molar-refractivity contribution is 6.01. The Bertz CT molecular complexity index is 2030. The van der Waals surface area contributed by atoms with Crippen molar-refractivity contribution in [3.8, 4) is 0 Å². The monoisotopic (exact) mass is 853 g/mol. The number of halogens is 1. The summed E-state index contributed by atoms with van der Waals surface area (Å²) in [5.74, 6) is -2.01. The van der Waals surface area contributed by atoms with Crippen LogP contribution in [0.5, 0.6) is 0 Å². The van der Waals surface area contributed by atoms with Gasteiger partial charge < -0.3 is 45.4 Å².